The first-order chi connectivity index (χ1) is 22.6. The summed E-state index contributed by atoms with van der Waals surface area (Å²) < 4.78 is 17.9. The summed E-state index contributed by atoms with van der Waals surface area (Å²) >= 11 is 3.79. The van der Waals surface area contributed by atoms with E-state index in [2.05, 4.69) is 34.0 Å². The Morgan fingerprint density at radius 1 is 1.15 bits per heavy atom. The van der Waals surface area contributed by atoms with Gasteiger partial charge in [0, 0.05) is 49.8 Å². The minimum absolute atomic E-state index is 0.150. The van der Waals surface area contributed by atoms with Gasteiger partial charge in [-0.25, -0.2) is 0 Å². The van der Waals surface area contributed by atoms with E-state index in [-0.39, 0.29) is 41.6 Å². The van der Waals surface area contributed by atoms with Gasteiger partial charge in [-0.15, -0.1) is 13.2 Å². The first kappa shape index (κ1) is 35.5. The predicted octanol–water partition coefficient (Wildman–Crippen LogP) is 2.72. The fourth-order valence-corrected chi connectivity index (χ4v) is 8.78. The Morgan fingerprint density at radius 3 is 2.43 bits per heavy atom. The van der Waals surface area contributed by atoms with Gasteiger partial charge in [-0.1, -0.05) is 41.9 Å². The Labute approximate surface area is 286 Å². The van der Waals surface area contributed by atoms with E-state index in [1.165, 1.54) is 0 Å². The van der Waals surface area contributed by atoms with Gasteiger partial charge in [0.25, 0.3) is 0 Å². The average Bonchev–Trinajstić information content (AvgIpc) is 3.66. The van der Waals surface area contributed by atoms with Gasteiger partial charge in [0.2, 0.25) is 17.7 Å². The van der Waals surface area contributed by atoms with Crippen LogP contribution in [0.4, 0.5) is 5.69 Å². The summed E-state index contributed by atoms with van der Waals surface area (Å²) in [6, 6.07) is 5.61. The maximum Gasteiger partial charge on any atom is 0.248 e. The highest BCUT2D eigenvalue weighted by atomic mass is 79.9. The number of morpholine rings is 1. The molecular weight excluding hydrogens is 668 g/mol. The number of anilines is 1. The summed E-state index contributed by atoms with van der Waals surface area (Å²) in [4.78, 5) is 51.1. The molecule has 2 bridgehead atoms. The van der Waals surface area contributed by atoms with Crippen LogP contribution in [-0.4, -0.2) is 132 Å². The number of benzene rings is 1. The first-order valence-corrected chi connectivity index (χ1v) is 17.6. The van der Waals surface area contributed by atoms with E-state index >= 15 is 0 Å². The lowest BCUT2D eigenvalue weighted by molar-refractivity contribution is -0.152. The van der Waals surface area contributed by atoms with Crippen LogP contribution < -0.4 is 9.64 Å². The molecule has 0 aliphatic carbocycles. The monoisotopic (exact) mass is 716 g/mol. The summed E-state index contributed by atoms with van der Waals surface area (Å²) in [6.07, 6.45) is 3.12. The number of likely N-dealkylation sites (tertiary alicyclic amines) is 1. The molecule has 1 spiro atoms. The third-order valence-corrected chi connectivity index (χ3v) is 10.9. The van der Waals surface area contributed by atoms with E-state index in [0.29, 0.717) is 57.3 Å². The zero-order chi connectivity index (χ0) is 33.9. The van der Waals surface area contributed by atoms with Crippen LogP contribution in [-0.2, 0) is 23.9 Å². The summed E-state index contributed by atoms with van der Waals surface area (Å²) in [5.74, 6) is -2.05. The van der Waals surface area contributed by atoms with Crippen molar-refractivity contribution >= 4 is 39.3 Å². The topological polar surface area (TPSA) is 112 Å². The van der Waals surface area contributed by atoms with E-state index < -0.39 is 35.6 Å². The zero-order valence-electron chi connectivity index (χ0n) is 27.8. The molecule has 12 heteroatoms. The molecule has 5 rings (SSSR count). The second-order valence-electron chi connectivity index (χ2n) is 13.1. The van der Waals surface area contributed by atoms with Crippen molar-refractivity contribution in [1.82, 2.24) is 14.7 Å². The largest absolute Gasteiger partial charge is 0.494 e. The van der Waals surface area contributed by atoms with Crippen molar-refractivity contribution in [2.75, 3.05) is 70.6 Å². The van der Waals surface area contributed by atoms with Crippen LogP contribution in [0.15, 0.2) is 49.6 Å². The smallest absolute Gasteiger partial charge is 0.248 e. The van der Waals surface area contributed by atoms with Crippen molar-refractivity contribution < 1.29 is 33.7 Å². The van der Waals surface area contributed by atoms with E-state index in [9.17, 15) is 19.5 Å². The van der Waals surface area contributed by atoms with Gasteiger partial charge in [0.1, 0.15) is 17.4 Å². The number of fused-ring (bicyclic) bond motifs is 1. The standard InChI is InChI=1S/C35H49BrN4O7/c1-6-13-38(16-15-37-17-19-45-20-18-37)34(44)31-35-21-26(36)30(47-35)28(29(35)33(43)40(31)27(22-41)23(4)5)32(42)39(14-7-2)24-9-11-25(12-10-24)46-8-3/h6-7,9-12,23,26-31,41H,1-2,8,13-22H2,3-5H3/t26?,27-,28+,29-,30+,31?,35?/m0/s1. The summed E-state index contributed by atoms with van der Waals surface area (Å²) in [5.41, 5.74) is -0.598. The molecule has 0 saturated carbocycles. The van der Waals surface area contributed by atoms with Crippen LogP contribution >= 0.6 is 15.9 Å². The summed E-state index contributed by atoms with van der Waals surface area (Å²) in [7, 11) is 0. The SMILES string of the molecule is C=CCN(CCN1CCOCC1)C(=O)C1N([C@@H](CO)C(C)C)C(=O)[C@@H]2[C@@H](C(=O)N(CC=C)c3ccc(OCC)cc3)[C@@H]3OC12CC3Br. The molecule has 47 heavy (non-hydrogen) atoms. The number of hydrogen-bond acceptors (Lipinski definition) is 8. The van der Waals surface area contributed by atoms with Crippen LogP contribution in [0.25, 0.3) is 0 Å². The van der Waals surface area contributed by atoms with Gasteiger partial charge >= 0.3 is 0 Å². The van der Waals surface area contributed by atoms with Gasteiger partial charge in [0.05, 0.1) is 50.4 Å². The molecule has 11 nitrogen and oxygen atoms in total. The second-order valence-corrected chi connectivity index (χ2v) is 14.3. The molecular formula is C35H49BrN4O7. The predicted molar refractivity (Wildman–Crippen MR) is 182 cm³/mol. The molecule has 7 atom stereocenters. The maximum atomic E-state index is 14.8. The van der Waals surface area contributed by atoms with Crippen LogP contribution in [0.5, 0.6) is 5.75 Å². The van der Waals surface area contributed by atoms with Gasteiger partial charge in [-0.3, -0.25) is 19.3 Å². The number of rotatable bonds is 15. The van der Waals surface area contributed by atoms with Crippen molar-refractivity contribution in [2.24, 2.45) is 17.8 Å². The van der Waals surface area contributed by atoms with Crippen molar-refractivity contribution in [3.63, 3.8) is 0 Å². The van der Waals surface area contributed by atoms with Crippen LogP contribution in [0.2, 0.25) is 0 Å². The molecule has 1 N–H and O–H groups in total. The highest BCUT2D eigenvalue weighted by molar-refractivity contribution is 9.09. The minimum Gasteiger partial charge on any atom is -0.494 e. The molecule has 258 valence electrons. The summed E-state index contributed by atoms with van der Waals surface area (Å²) in [6.45, 7) is 18.2. The van der Waals surface area contributed by atoms with Crippen LogP contribution in [0.1, 0.15) is 27.2 Å². The van der Waals surface area contributed by atoms with E-state index in [0.717, 1.165) is 13.1 Å². The lowest BCUT2D eigenvalue weighted by atomic mass is 9.70. The highest BCUT2D eigenvalue weighted by Gasteiger charge is 2.77. The molecule has 1 aromatic carbocycles. The number of halogens is 1. The van der Waals surface area contributed by atoms with Crippen molar-refractivity contribution in [2.45, 2.75) is 55.8 Å². The highest BCUT2D eigenvalue weighted by Crippen LogP contribution is 2.61. The minimum atomic E-state index is -1.24. The molecule has 0 radical (unpaired) electrons. The van der Waals surface area contributed by atoms with Gasteiger partial charge in [-0.2, -0.15) is 0 Å². The third-order valence-electron chi connectivity index (χ3n) is 10.0. The number of nitrogens with zero attached hydrogens (tertiary/aromatic N) is 4. The number of hydrogen-bond donors (Lipinski definition) is 1. The molecule has 0 aromatic heterocycles. The molecule has 3 amide bonds. The van der Waals surface area contributed by atoms with Gasteiger partial charge < -0.3 is 34.0 Å². The van der Waals surface area contributed by atoms with Crippen LogP contribution in [0.3, 0.4) is 0 Å². The van der Waals surface area contributed by atoms with Crippen LogP contribution in [0, 0.1) is 17.8 Å². The molecule has 4 aliphatic heterocycles. The quantitative estimate of drug-likeness (QED) is 0.218. The first-order valence-electron chi connectivity index (χ1n) is 16.7. The number of ether oxygens (including phenoxy) is 3. The number of alkyl halides is 1. The molecule has 4 saturated heterocycles. The number of aliphatic hydroxyl groups is 1. The second kappa shape index (κ2) is 15.2. The zero-order valence-corrected chi connectivity index (χ0v) is 29.3. The normalized spacial score (nSPS) is 29.1. The Kier molecular flexibility index (Phi) is 11.5. The number of aliphatic hydroxyl groups excluding tert-OH is 1. The fourth-order valence-electron chi connectivity index (χ4n) is 7.83. The average molecular weight is 718 g/mol. The van der Waals surface area contributed by atoms with Crippen molar-refractivity contribution in [3.05, 3.63) is 49.6 Å². The lowest BCUT2D eigenvalue weighted by Gasteiger charge is -2.41. The Bertz CT molecular complexity index is 1310. The molecule has 3 unspecified atom stereocenters. The number of carbonyl (C=O) groups excluding carboxylic acids is 3. The Balaban J connectivity index is 1.52. The molecule has 4 fully saturated rings. The van der Waals surface area contributed by atoms with Gasteiger partial charge in [-0.05, 0) is 43.5 Å². The Morgan fingerprint density at radius 2 is 1.83 bits per heavy atom. The van der Waals surface area contributed by atoms with E-state index in [4.69, 9.17) is 14.2 Å². The van der Waals surface area contributed by atoms with E-state index in [1.54, 1.807) is 26.9 Å². The van der Waals surface area contributed by atoms with E-state index in [1.807, 2.05) is 45.0 Å². The number of amides is 3. The van der Waals surface area contributed by atoms with Crippen molar-refractivity contribution in [1.29, 1.82) is 0 Å². The molecule has 4 aliphatic rings. The van der Waals surface area contributed by atoms with Gasteiger partial charge in [0.15, 0.2) is 0 Å². The molecule has 1 aromatic rings. The Hall–Kier alpha value is -2.77. The molecule has 4 heterocycles. The lowest BCUT2D eigenvalue weighted by Crippen LogP contribution is -2.60. The number of carbonyl (C=O) groups is 3. The third kappa shape index (κ3) is 6.64. The van der Waals surface area contributed by atoms with Crippen molar-refractivity contribution in [3.8, 4) is 5.75 Å². The fraction of sp³-hybridized carbons (Fsp3) is 0.629. The maximum absolute atomic E-state index is 14.8. The summed E-state index contributed by atoms with van der Waals surface area (Å²) in [5, 5.41) is 10.6.